The van der Waals surface area contributed by atoms with Crippen molar-refractivity contribution < 1.29 is 24.6 Å². The molecule has 6 nitrogen and oxygen atoms in total. The monoisotopic (exact) mass is 249 g/mol. The smallest absolute Gasteiger partial charge is 0.333 e. The molecular weight excluding hydrogens is 226 g/mol. The second kappa shape index (κ2) is 13.2. The van der Waals surface area contributed by atoms with Crippen LogP contribution in [0.1, 0.15) is 58.3 Å². The summed E-state index contributed by atoms with van der Waals surface area (Å²) in [6.07, 6.45) is 8.59. The van der Waals surface area contributed by atoms with E-state index in [1.807, 2.05) is 0 Å². The number of hydrogen-bond acceptors (Lipinski definition) is 5. The van der Waals surface area contributed by atoms with Crippen molar-refractivity contribution in [1.82, 2.24) is 0 Å². The van der Waals surface area contributed by atoms with Gasteiger partial charge in [0.25, 0.3) is 0 Å². The van der Waals surface area contributed by atoms with Crippen LogP contribution in [-0.2, 0) is 19.9 Å². The predicted octanol–water partition coefficient (Wildman–Crippen LogP) is 3.02. The van der Waals surface area contributed by atoms with Gasteiger partial charge in [-0.05, 0) is 11.5 Å². The van der Waals surface area contributed by atoms with Gasteiger partial charge in [-0.2, -0.15) is 0 Å². The van der Waals surface area contributed by atoms with Gasteiger partial charge < -0.3 is 5.73 Å². The lowest BCUT2D eigenvalue weighted by Crippen LogP contribution is -2.13. The Kier molecular flexibility index (Phi) is 12.6. The van der Waals surface area contributed by atoms with Crippen molar-refractivity contribution in [3.63, 3.8) is 0 Å². The maximum Gasteiger partial charge on any atom is 0.439 e. The molecule has 6 heteroatoms. The number of primary amides is 1. The van der Waals surface area contributed by atoms with Gasteiger partial charge in [0, 0.05) is 5.04 Å². The van der Waals surface area contributed by atoms with Crippen molar-refractivity contribution in [3.05, 3.63) is 0 Å². The molecule has 0 radical (unpaired) electrons. The lowest BCUT2D eigenvalue weighted by Gasteiger charge is -2.02. The van der Waals surface area contributed by atoms with Gasteiger partial charge in [0.1, 0.15) is 0 Å². The van der Waals surface area contributed by atoms with E-state index in [0.29, 0.717) is 6.61 Å². The summed E-state index contributed by atoms with van der Waals surface area (Å²) in [5, 5.41) is 7.95. The fraction of sp³-hybridized carbons (Fsp3) is 0.909. The highest BCUT2D eigenvalue weighted by Gasteiger charge is 1.96. The van der Waals surface area contributed by atoms with E-state index in [9.17, 15) is 4.79 Å². The molecule has 0 bridgehead atoms. The Balaban J connectivity index is 2.91. The fourth-order valence-electron chi connectivity index (χ4n) is 1.40. The maximum absolute atomic E-state index is 10.0. The van der Waals surface area contributed by atoms with Crippen LogP contribution < -0.4 is 5.73 Å². The predicted molar refractivity (Wildman–Crippen MR) is 61.4 cm³/mol. The summed E-state index contributed by atoms with van der Waals surface area (Å²) < 4.78 is 0. The normalized spacial score (nSPS) is 10.4. The summed E-state index contributed by atoms with van der Waals surface area (Å²) in [5.74, 6) is 0. The molecular formula is C11H23NO5. The number of hydrogen-bond donors (Lipinski definition) is 1. The van der Waals surface area contributed by atoms with Gasteiger partial charge >= 0.3 is 6.09 Å². The third kappa shape index (κ3) is 15.1. The molecule has 0 spiro atoms. The summed E-state index contributed by atoms with van der Waals surface area (Å²) >= 11 is 0. The van der Waals surface area contributed by atoms with Gasteiger partial charge in [-0.3, -0.25) is 0 Å². The van der Waals surface area contributed by atoms with Gasteiger partial charge in [0.2, 0.25) is 0 Å². The van der Waals surface area contributed by atoms with Crippen molar-refractivity contribution in [1.29, 1.82) is 0 Å². The standard InChI is InChI=1S/C11H23NO5/c1-2-3-4-5-6-7-8-9-10-14-16-17-15-11(12)13/h2-10H2,1H3,(H2,12,13). The van der Waals surface area contributed by atoms with Gasteiger partial charge in [-0.15, -0.1) is 0 Å². The molecule has 2 N–H and O–H groups in total. The Bertz CT molecular complexity index is 177. The highest BCUT2D eigenvalue weighted by atomic mass is 17.7. The molecule has 0 rings (SSSR count). The topological polar surface area (TPSA) is 80.0 Å². The van der Waals surface area contributed by atoms with E-state index in [0.717, 1.165) is 12.8 Å². The zero-order valence-electron chi connectivity index (χ0n) is 10.5. The molecule has 102 valence electrons. The minimum atomic E-state index is -1.08. The molecule has 0 aliphatic rings. The molecule has 0 aliphatic heterocycles. The molecule has 0 aromatic carbocycles. The van der Waals surface area contributed by atoms with E-state index < -0.39 is 6.09 Å². The van der Waals surface area contributed by atoms with E-state index in [1.54, 1.807) is 0 Å². The lowest BCUT2D eigenvalue weighted by molar-refractivity contribution is -0.615. The molecule has 17 heavy (non-hydrogen) atoms. The fourth-order valence-corrected chi connectivity index (χ4v) is 1.40. The first-order valence-electron chi connectivity index (χ1n) is 6.19. The van der Waals surface area contributed by atoms with E-state index in [1.165, 1.54) is 38.5 Å². The second-order valence-electron chi connectivity index (χ2n) is 3.84. The van der Waals surface area contributed by atoms with Crippen LogP contribution in [0.4, 0.5) is 4.79 Å². The molecule has 0 aromatic heterocycles. The highest BCUT2D eigenvalue weighted by Crippen LogP contribution is 2.08. The molecule has 0 aromatic rings. The van der Waals surface area contributed by atoms with Gasteiger partial charge in [0.15, 0.2) is 0 Å². The molecule has 0 fully saturated rings. The molecule has 0 saturated heterocycles. The molecule has 0 aliphatic carbocycles. The average Bonchev–Trinajstić information content (AvgIpc) is 2.30. The van der Waals surface area contributed by atoms with Crippen LogP contribution in [0.3, 0.4) is 0 Å². The number of rotatable bonds is 12. The molecule has 0 saturated carbocycles. The minimum absolute atomic E-state index is 0.400. The Morgan fingerprint density at radius 3 is 2.12 bits per heavy atom. The van der Waals surface area contributed by atoms with Crippen LogP contribution in [-0.4, -0.2) is 12.7 Å². The number of amides is 1. The SMILES string of the molecule is CCCCCCCCCCOOOOC(N)=O. The first kappa shape index (κ1) is 16.1. The van der Waals surface area contributed by atoms with Crippen molar-refractivity contribution in [2.75, 3.05) is 6.61 Å². The number of nitrogens with two attached hydrogens (primary N) is 1. The largest absolute Gasteiger partial charge is 0.439 e. The molecule has 1 amide bonds. The number of carbonyl (C=O) groups is 1. The van der Waals surface area contributed by atoms with Crippen molar-refractivity contribution in [3.8, 4) is 0 Å². The van der Waals surface area contributed by atoms with Gasteiger partial charge in [-0.1, -0.05) is 51.9 Å². The van der Waals surface area contributed by atoms with E-state index in [2.05, 4.69) is 32.5 Å². The van der Waals surface area contributed by atoms with Crippen LogP contribution in [0.15, 0.2) is 0 Å². The Labute approximate surface area is 102 Å². The Morgan fingerprint density at radius 1 is 0.941 bits per heavy atom. The molecule has 0 atom stereocenters. The quantitative estimate of drug-likeness (QED) is 0.326. The summed E-state index contributed by atoms with van der Waals surface area (Å²) in [5.41, 5.74) is 4.60. The van der Waals surface area contributed by atoms with Crippen molar-refractivity contribution in [2.24, 2.45) is 5.73 Å². The molecule has 0 unspecified atom stereocenters. The zero-order chi connectivity index (χ0) is 12.8. The summed E-state index contributed by atoms with van der Waals surface area (Å²) in [7, 11) is 0. The van der Waals surface area contributed by atoms with E-state index in [4.69, 9.17) is 0 Å². The van der Waals surface area contributed by atoms with E-state index >= 15 is 0 Å². The summed E-state index contributed by atoms with van der Waals surface area (Å²) in [4.78, 5) is 18.4. The highest BCUT2D eigenvalue weighted by molar-refractivity contribution is 5.63. The van der Waals surface area contributed by atoms with Gasteiger partial charge in [0.05, 0.1) is 6.61 Å². The number of carbonyl (C=O) groups excluding carboxylic acids is 1. The van der Waals surface area contributed by atoms with Crippen LogP contribution in [0.5, 0.6) is 0 Å². The average molecular weight is 249 g/mol. The van der Waals surface area contributed by atoms with Crippen molar-refractivity contribution in [2.45, 2.75) is 58.3 Å². The second-order valence-corrected chi connectivity index (χ2v) is 3.84. The minimum Gasteiger partial charge on any atom is -0.333 e. The van der Waals surface area contributed by atoms with Crippen LogP contribution in [0.2, 0.25) is 0 Å². The molecule has 0 heterocycles. The van der Waals surface area contributed by atoms with Gasteiger partial charge in [-0.25, -0.2) is 14.6 Å². The Hall–Kier alpha value is -0.850. The van der Waals surface area contributed by atoms with Crippen molar-refractivity contribution >= 4 is 6.09 Å². The summed E-state index contributed by atoms with van der Waals surface area (Å²) in [6, 6.07) is 0. The third-order valence-electron chi connectivity index (χ3n) is 2.27. The zero-order valence-corrected chi connectivity index (χ0v) is 10.5. The number of unbranched alkanes of at least 4 members (excludes halogenated alkanes) is 7. The first-order valence-corrected chi connectivity index (χ1v) is 6.19. The lowest BCUT2D eigenvalue weighted by atomic mass is 10.1. The van der Waals surface area contributed by atoms with Crippen LogP contribution in [0.25, 0.3) is 0 Å². The van der Waals surface area contributed by atoms with E-state index in [-0.39, 0.29) is 0 Å². The van der Waals surface area contributed by atoms with Crippen LogP contribution in [0, 0.1) is 0 Å². The van der Waals surface area contributed by atoms with Crippen LogP contribution >= 0.6 is 0 Å². The third-order valence-corrected chi connectivity index (χ3v) is 2.27. The maximum atomic E-state index is 10.0. The first-order chi connectivity index (χ1) is 8.27. The Morgan fingerprint density at radius 2 is 1.53 bits per heavy atom. The summed E-state index contributed by atoms with van der Waals surface area (Å²) in [6.45, 7) is 2.61.